The first kappa shape index (κ1) is 22.1. The van der Waals surface area contributed by atoms with Crippen LogP contribution in [0.2, 0.25) is 0 Å². The van der Waals surface area contributed by atoms with Crippen LogP contribution in [-0.4, -0.2) is 41.0 Å². The van der Waals surface area contributed by atoms with E-state index in [1.165, 1.54) is 23.7 Å². The van der Waals surface area contributed by atoms with Gasteiger partial charge in [0, 0.05) is 16.6 Å². The van der Waals surface area contributed by atoms with Gasteiger partial charge in [-0.05, 0) is 26.3 Å². The molecule has 0 bridgehead atoms. The second-order valence-corrected chi connectivity index (χ2v) is 7.72. The second kappa shape index (κ2) is 9.94. The Hall–Kier alpha value is -3.59. The lowest BCUT2D eigenvalue weighted by Gasteiger charge is -2.09. The molecule has 3 aromatic rings. The molecule has 1 aromatic carbocycles. The molecule has 0 radical (unpaired) electrons. The minimum Gasteiger partial charge on any atom is -0.462 e. The average molecular weight is 439 g/mol. The van der Waals surface area contributed by atoms with E-state index in [1.807, 2.05) is 37.3 Å². The average Bonchev–Trinajstić information content (AvgIpc) is 3.08. The Morgan fingerprint density at radius 2 is 1.74 bits per heavy atom. The van der Waals surface area contributed by atoms with Gasteiger partial charge in [0.25, 0.3) is 5.91 Å². The van der Waals surface area contributed by atoms with Gasteiger partial charge in [-0.15, -0.1) is 11.3 Å². The molecular formula is C22H21N3O5S. The number of amides is 1. The van der Waals surface area contributed by atoms with Crippen LogP contribution >= 0.6 is 11.3 Å². The van der Waals surface area contributed by atoms with E-state index in [4.69, 9.17) is 9.47 Å². The molecule has 9 heteroatoms. The van der Waals surface area contributed by atoms with E-state index >= 15 is 0 Å². The lowest BCUT2D eigenvalue weighted by molar-refractivity contribution is -0.119. The summed E-state index contributed by atoms with van der Waals surface area (Å²) in [6.07, 6.45) is 2.71. The Morgan fingerprint density at radius 3 is 2.39 bits per heavy atom. The fourth-order valence-corrected chi connectivity index (χ4v) is 3.93. The van der Waals surface area contributed by atoms with Crippen molar-refractivity contribution in [2.75, 3.05) is 18.5 Å². The number of anilines is 1. The number of nitrogens with one attached hydrogen (secondary N) is 1. The number of thiophene rings is 1. The first-order valence-corrected chi connectivity index (χ1v) is 10.3. The van der Waals surface area contributed by atoms with Crippen molar-refractivity contribution in [3.8, 4) is 11.1 Å². The molecule has 31 heavy (non-hydrogen) atoms. The molecule has 0 saturated carbocycles. The Bertz CT molecular complexity index is 1090. The van der Waals surface area contributed by atoms with Crippen molar-refractivity contribution in [1.82, 2.24) is 9.97 Å². The van der Waals surface area contributed by atoms with Gasteiger partial charge in [0.05, 0.1) is 18.5 Å². The largest absolute Gasteiger partial charge is 0.462 e. The van der Waals surface area contributed by atoms with Crippen molar-refractivity contribution >= 4 is 34.2 Å². The zero-order valence-electron chi connectivity index (χ0n) is 17.3. The molecule has 0 atom stereocenters. The van der Waals surface area contributed by atoms with Crippen molar-refractivity contribution in [1.29, 1.82) is 0 Å². The molecule has 2 heterocycles. The molecule has 0 fully saturated rings. The van der Waals surface area contributed by atoms with Crippen LogP contribution in [0.25, 0.3) is 11.1 Å². The lowest BCUT2D eigenvalue weighted by atomic mass is 10.0. The highest BCUT2D eigenvalue weighted by Crippen LogP contribution is 2.40. The fraction of sp³-hybridized carbons (Fsp3) is 0.227. The SMILES string of the molecule is CCOC(=O)c1c(NC(=O)COC(=O)c2cnc(C)cn2)sc(C)c1-c1ccccc1. The van der Waals surface area contributed by atoms with Gasteiger partial charge in [0.15, 0.2) is 12.3 Å². The zero-order chi connectivity index (χ0) is 22.4. The Kier molecular flexibility index (Phi) is 7.09. The first-order valence-electron chi connectivity index (χ1n) is 9.52. The second-order valence-electron chi connectivity index (χ2n) is 6.49. The van der Waals surface area contributed by atoms with E-state index in [2.05, 4.69) is 15.3 Å². The van der Waals surface area contributed by atoms with Crippen LogP contribution in [0.15, 0.2) is 42.7 Å². The number of esters is 2. The maximum absolute atomic E-state index is 12.7. The third-order valence-corrected chi connectivity index (χ3v) is 5.22. The number of nitrogens with zero attached hydrogens (tertiary/aromatic N) is 2. The van der Waals surface area contributed by atoms with Crippen LogP contribution in [0.4, 0.5) is 5.00 Å². The zero-order valence-corrected chi connectivity index (χ0v) is 18.1. The molecule has 1 N–H and O–H groups in total. The van der Waals surface area contributed by atoms with Crippen LogP contribution in [-0.2, 0) is 14.3 Å². The maximum Gasteiger partial charge on any atom is 0.359 e. The van der Waals surface area contributed by atoms with Crippen molar-refractivity contribution in [3.05, 3.63) is 64.6 Å². The van der Waals surface area contributed by atoms with Crippen LogP contribution in [0, 0.1) is 13.8 Å². The van der Waals surface area contributed by atoms with Gasteiger partial charge < -0.3 is 14.8 Å². The number of hydrogen-bond acceptors (Lipinski definition) is 8. The van der Waals surface area contributed by atoms with Gasteiger partial charge in [-0.1, -0.05) is 30.3 Å². The summed E-state index contributed by atoms with van der Waals surface area (Å²) < 4.78 is 10.2. The van der Waals surface area contributed by atoms with E-state index in [1.54, 1.807) is 13.8 Å². The summed E-state index contributed by atoms with van der Waals surface area (Å²) in [6.45, 7) is 4.98. The summed E-state index contributed by atoms with van der Waals surface area (Å²) in [7, 11) is 0. The number of ether oxygens (including phenoxy) is 2. The monoisotopic (exact) mass is 439 g/mol. The number of carbonyl (C=O) groups is 3. The van der Waals surface area contributed by atoms with Crippen LogP contribution in [0.3, 0.4) is 0 Å². The van der Waals surface area contributed by atoms with Crippen LogP contribution < -0.4 is 5.32 Å². The van der Waals surface area contributed by atoms with Crippen molar-refractivity contribution in [2.45, 2.75) is 20.8 Å². The highest BCUT2D eigenvalue weighted by atomic mass is 32.1. The molecule has 2 aromatic heterocycles. The highest BCUT2D eigenvalue weighted by molar-refractivity contribution is 7.17. The Balaban J connectivity index is 1.78. The molecule has 8 nitrogen and oxygen atoms in total. The van der Waals surface area contributed by atoms with E-state index in [-0.39, 0.29) is 17.9 Å². The quantitative estimate of drug-likeness (QED) is 0.558. The first-order chi connectivity index (χ1) is 14.9. The van der Waals surface area contributed by atoms with Gasteiger partial charge >= 0.3 is 11.9 Å². The number of hydrogen-bond donors (Lipinski definition) is 1. The van der Waals surface area contributed by atoms with Crippen LogP contribution in [0.1, 0.15) is 38.3 Å². The Labute approximate surface area is 183 Å². The summed E-state index contributed by atoms with van der Waals surface area (Å²) in [4.78, 5) is 45.9. The summed E-state index contributed by atoms with van der Waals surface area (Å²) >= 11 is 1.25. The molecular weight excluding hydrogens is 418 g/mol. The Morgan fingerprint density at radius 1 is 1.00 bits per heavy atom. The van der Waals surface area contributed by atoms with Gasteiger partial charge in [-0.2, -0.15) is 0 Å². The molecule has 0 aliphatic heterocycles. The van der Waals surface area contributed by atoms with Crippen molar-refractivity contribution in [3.63, 3.8) is 0 Å². The molecule has 1 amide bonds. The minimum atomic E-state index is -0.763. The fourth-order valence-electron chi connectivity index (χ4n) is 2.85. The van der Waals surface area contributed by atoms with Gasteiger partial charge in [-0.3, -0.25) is 9.78 Å². The maximum atomic E-state index is 12.7. The summed E-state index contributed by atoms with van der Waals surface area (Å²) in [6, 6.07) is 9.38. The summed E-state index contributed by atoms with van der Waals surface area (Å²) in [5.74, 6) is -1.88. The topological polar surface area (TPSA) is 107 Å². The molecule has 0 aliphatic rings. The molecule has 0 saturated heterocycles. The van der Waals surface area contributed by atoms with Crippen LogP contribution in [0.5, 0.6) is 0 Å². The standard InChI is InChI=1S/C22H21N3O5S/c1-4-29-22(28)19-18(15-8-6-5-7-9-15)14(3)31-20(19)25-17(26)12-30-21(27)16-11-23-13(2)10-24-16/h5-11H,4,12H2,1-3H3,(H,25,26). The highest BCUT2D eigenvalue weighted by Gasteiger charge is 2.25. The van der Waals surface area contributed by atoms with Crippen molar-refractivity contribution < 1.29 is 23.9 Å². The lowest BCUT2D eigenvalue weighted by Crippen LogP contribution is -2.22. The number of carbonyl (C=O) groups excluding carboxylic acids is 3. The van der Waals surface area contributed by atoms with Gasteiger partial charge in [0.2, 0.25) is 0 Å². The summed E-state index contributed by atoms with van der Waals surface area (Å²) in [5, 5.41) is 3.00. The third-order valence-electron chi connectivity index (χ3n) is 4.20. The molecule has 160 valence electrons. The predicted octanol–water partition coefficient (Wildman–Crippen LogP) is 3.79. The number of aryl methyl sites for hydroxylation is 2. The van der Waals surface area contributed by atoms with Gasteiger partial charge in [-0.25, -0.2) is 14.6 Å². The predicted molar refractivity (Wildman–Crippen MR) is 116 cm³/mol. The van der Waals surface area contributed by atoms with Crippen molar-refractivity contribution in [2.24, 2.45) is 0 Å². The summed E-state index contributed by atoms with van der Waals surface area (Å²) in [5.41, 5.74) is 2.47. The molecule has 0 aliphatic carbocycles. The van der Waals surface area contributed by atoms with E-state index in [0.29, 0.717) is 16.3 Å². The number of aromatic nitrogens is 2. The number of rotatable bonds is 7. The van der Waals surface area contributed by atoms with E-state index in [9.17, 15) is 14.4 Å². The molecule has 0 spiro atoms. The third kappa shape index (κ3) is 5.32. The molecule has 0 unspecified atom stereocenters. The minimum absolute atomic E-state index is 0.00365. The smallest absolute Gasteiger partial charge is 0.359 e. The number of benzene rings is 1. The molecule has 3 rings (SSSR count). The van der Waals surface area contributed by atoms with E-state index in [0.717, 1.165) is 10.4 Å². The van der Waals surface area contributed by atoms with E-state index < -0.39 is 24.5 Å². The normalized spacial score (nSPS) is 10.4. The van der Waals surface area contributed by atoms with Gasteiger partial charge in [0.1, 0.15) is 10.6 Å².